The van der Waals surface area contributed by atoms with Crippen LogP contribution in [0.1, 0.15) is 5.56 Å². The zero-order valence-corrected chi connectivity index (χ0v) is 13.1. The Bertz CT molecular complexity index is 777. The van der Waals surface area contributed by atoms with Crippen LogP contribution in [0.2, 0.25) is 0 Å². The molecule has 2 aromatic carbocycles. The molecule has 0 spiro atoms. The Morgan fingerprint density at radius 2 is 2.04 bits per heavy atom. The molecule has 0 bridgehead atoms. The number of hydrogen-bond acceptors (Lipinski definition) is 4. The van der Waals surface area contributed by atoms with Gasteiger partial charge in [0.1, 0.15) is 11.6 Å². The van der Waals surface area contributed by atoms with Crippen LogP contribution in [0.3, 0.4) is 0 Å². The van der Waals surface area contributed by atoms with E-state index < -0.39 is 17.9 Å². The van der Waals surface area contributed by atoms with E-state index in [2.05, 4.69) is 0 Å². The van der Waals surface area contributed by atoms with Gasteiger partial charge in [-0.25, -0.2) is 9.18 Å². The van der Waals surface area contributed by atoms with E-state index in [1.165, 1.54) is 24.1 Å². The monoisotopic (exact) mass is 329 g/mol. The summed E-state index contributed by atoms with van der Waals surface area (Å²) in [5.41, 5.74) is 1.15. The molecule has 1 aliphatic rings. The fraction of sp³-hybridized carbons (Fsp3) is 0.222. The SMILES string of the molecule is COC(=O)[C@@H]1CN(C(=O)Cc2cccc(F)c2)c2ccccc2O1. The van der Waals surface area contributed by atoms with Crippen molar-refractivity contribution < 1.29 is 23.5 Å². The lowest BCUT2D eigenvalue weighted by Gasteiger charge is -2.33. The molecule has 0 fully saturated rings. The second kappa shape index (κ2) is 6.70. The van der Waals surface area contributed by atoms with Crippen molar-refractivity contribution >= 4 is 17.6 Å². The number of para-hydroxylation sites is 2. The number of rotatable bonds is 3. The lowest BCUT2D eigenvalue weighted by molar-refractivity contribution is -0.148. The first kappa shape index (κ1) is 16.0. The maximum atomic E-state index is 13.3. The average Bonchev–Trinajstić information content (AvgIpc) is 2.60. The fourth-order valence-electron chi connectivity index (χ4n) is 2.64. The van der Waals surface area contributed by atoms with Crippen LogP contribution in [0.15, 0.2) is 48.5 Å². The molecule has 5 nitrogen and oxygen atoms in total. The summed E-state index contributed by atoms with van der Waals surface area (Å²) < 4.78 is 23.6. The number of ether oxygens (including phenoxy) is 2. The Morgan fingerprint density at radius 1 is 1.25 bits per heavy atom. The van der Waals surface area contributed by atoms with Gasteiger partial charge in [-0.3, -0.25) is 4.79 Å². The molecule has 124 valence electrons. The van der Waals surface area contributed by atoms with Crippen LogP contribution < -0.4 is 9.64 Å². The number of amides is 1. The number of benzene rings is 2. The van der Waals surface area contributed by atoms with E-state index >= 15 is 0 Å². The minimum absolute atomic E-state index is 0.0278. The molecule has 2 aromatic rings. The number of nitrogens with zero attached hydrogens (tertiary/aromatic N) is 1. The van der Waals surface area contributed by atoms with Gasteiger partial charge in [-0.1, -0.05) is 24.3 Å². The largest absolute Gasteiger partial charge is 0.475 e. The van der Waals surface area contributed by atoms with Gasteiger partial charge in [0, 0.05) is 0 Å². The van der Waals surface area contributed by atoms with Gasteiger partial charge in [-0.05, 0) is 29.8 Å². The zero-order valence-electron chi connectivity index (χ0n) is 13.1. The molecule has 24 heavy (non-hydrogen) atoms. The van der Waals surface area contributed by atoms with Gasteiger partial charge in [0.25, 0.3) is 0 Å². The van der Waals surface area contributed by atoms with Gasteiger partial charge < -0.3 is 14.4 Å². The lowest BCUT2D eigenvalue weighted by atomic mass is 10.1. The van der Waals surface area contributed by atoms with Gasteiger partial charge >= 0.3 is 5.97 Å². The molecule has 1 amide bonds. The summed E-state index contributed by atoms with van der Waals surface area (Å²) in [6.45, 7) is 0.0534. The second-order valence-corrected chi connectivity index (χ2v) is 5.41. The third kappa shape index (κ3) is 3.22. The molecule has 0 radical (unpaired) electrons. The number of carbonyl (C=O) groups is 2. The molecule has 1 aliphatic heterocycles. The predicted octanol–water partition coefficient (Wildman–Crippen LogP) is 2.34. The highest BCUT2D eigenvalue weighted by Crippen LogP contribution is 2.33. The minimum atomic E-state index is -0.888. The van der Waals surface area contributed by atoms with Crippen molar-refractivity contribution in [3.05, 3.63) is 59.9 Å². The number of esters is 1. The minimum Gasteiger partial charge on any atom is -0.475 e. The molecule has 0 unspecified atom stereocenters. The Morgan fingerprint density at radius 3 is 2.79 bits per heavy atom. The molecule has 0 saturated carbocycles. The van der Waals surface area contributed by atoms with Crippen molar-refractivity contribution in [1.29, 1.82) is 0 Å². The number of carbonyl (C=O) groups excluding carboxylic acids is 2. The Balaban J connectivity index is 1.87. The summed E-state index contributed by atoms with van der Waals surface area (Å²) in [5.74, 6) is -0.750. The van der Waals surface area contributed by atoms with Gasteiger partial charge in [-0.2, -0.15) is 0 Å². The summed E-state index contributed by atoms with van der Waals surface area (Å²) in [6.07, 6.45) is -0.860. The zero-order chi connectivity index (χ0) is 17.1. The van der Waals surface area contributed by atoms with Crippen LogP contribution in [0.25, 0.3) is 0 Å². The normalized spacial score (nSPS) is 16.1. The second-order valence-electron chi connectivity index (χ2n) is 5.41. The summed E-state index contributed by atoms with van der Waals surface area (Å²) >= 11 is 0. The van der Waals surface area contributed by atoms with Crippen LogP contribution >= 0.6 is 0 Å². The molecular weight excluding hydrogens is 313 g/mol. The summed E-state index contributed by atoms with van der Waals surface area (Å²) in [4.78, 5) is 26.0. The van der Waals surface area contributed by atoms with Gasteiger partial charge in [0.2, 0.25) is 12.0 Å². The van der Waals surface area contributed by atoms with Crippen LogP contribution in [-0.2, 0) is 20.7 Å². The van der Waals surface area contributed by atoms with E-state index in [0.717, 1.165) is 0 Å². The van der Waals surface area contributed by atoms with Crippen LogP contribution in [0, 0.1) is 5.82 Å². The molecule has 0 aliphatic carbocycles. The molecule has 1 atom stereocenters. The Labute approximate surface area is 138 Å². The number of hydrogen-bond donors (Lipinski definition) is 0. The van der Waals surface area contributed by atoms with Gasteiger partial charge in [-0.15, -0.1) is 0 Å². The van der Waals surface area contributed by atoms with Crippen molar-refractivity contribution in [1.82, 2.24) is 0 Å². The standard InChI is InChI=1S/C18H16FNO4/c1-23-18(22)16-11-20(14-7-2-3-8-15(14)24-16)17(21)10-12-5-4-6-13(19)9-12/h2-9,16H,10-11H2,1H3/t16-/m0/s1. The highest BCUT2D eigenvalue weighted by molar-refractivity contribution is 5.97. The van der Waals surface area contributed by atoms with Crippen molar-refractivity contribution in [2.45, 2.75) is 12.5 Å². The third-order valence-corrected chi connectivity index (χ3v) is 3.78. The first-order chi connectivity index (χ1) is 11.6. The maximum absolute atomic E-state index is 13.3. The van der Waals surface area contributed by atoms with Gasteiger partial charge in [0.15, 0.2) is 0 Å². The van der Waals surface area contributed by atoms with Crippen molar-refractivity contribution in [2.75, 3.05) is 18.6 Å². The number of halogens is 1. The smallest absolute Gasteiger partial charge is 0.348 e. The first-order valence-corrected chi connectivity index (χ1v) is 7.47. The molecule has 0 aromatic heterocycles. The van der Waals surface area contributed by atoms with Gasteiger partial charge in [0.05, 0.1) is 25.8 Å². The number of fused-ring (bicyclic) bond motifs is 1. The van der Waals surface area contributed by atoms with Crippen LogP contribution in [-0.4, -0.2) is 31.6 Å². The molecule has 0 saturated heterocycles. The highest BCUT2D eigenvalue weighted by atomic mass is 19.1. The lowest BCUT2D eigenvalue weighted by Crippen LogP contribution is -2.48. The van der Waals surface area contributed by atoms with E-state index in [9.17, 15) is 14.0 Å². The molecule has 6 heteroatoms. The average molecular weight is 329 g/mol. The van der Waals surface area contributed by atoms with E-state index in [4.69, 9.17) is 9.47 Å². The number of methoxy groups -OCH3 is 1. The van der Waals surface area contributed by atoms with E-state index in [-0.39, 0.29) is 18.9 Å². The molecular formula is C18H16FNO4. The van der Waals surface area contributed by atoms with E-state index in [1.54, 1.807) is 36.4 Å². The molecule has 0 N–H and O–H groups in total. The van der Waals surface area contributed by atoms with Crippen LogP contribution in [0.5, 0.6) is 5.75 Å². The molecule has 1 heterocycles. The first-order valence-electron chi connectivity index (χ1n) is 7.47. The Kier molecular flexibility index (Phi) is 4.46. The Hall–Kier alpha value is -2.89. The van der Waals surface area contributed by atoms with Crippen molar-refractivity contribution in [3.8, 4) is 5.75 Å². The van der Waals surface area contributed by atoms with Crippen LogP contribution in [0.4, 0.5) is 10.1 Å². The van der Waals surface area contributed by atoms with Crippen molar-refractivity contribution in [2.24, 2.45) is 0 Å². The van der Waals surface area contributed by atoms with Crippen molar-refractivity contribution in [3.63, 3.8) is 0 Å². The summed E-state index contributed by atoms with van der Waals surface area (Å²) in [5, 5.41) is 0. The number of anilines is 1. The fourth-order valence-corrected chi connectivity index (χ4v) is 2.64. The quantitative estimate of drug-likeness (QED) is 0.811. The molecule has 3 rings (SSSR count). The maximum Gasteiger partial charge on any atom is 0.348 e. The summed E-state index contributed by atoms with van der Waals surface area (Å²) in [7, 11) is 1.27. The highest BCUT2D eigenvalue weighted by Gasteiger charge is 2.34. The third-order valence-electron chi connectivity index (χ3n) is 3.78. The van der Waals surface area contributed by atoms with E-state index in [1.807, 2.05) is 0 Å². The predicted molar refractivity (Wildman–Crippen MR) is 85.3 cm³/mol. The van der Waals surface area contributed by atoms with E-state index in [0.29, 0.717) is 17.0 Å². The summed E-state index contributed by atoms with van der Waals surface area (Å²) in [6, 6.07) is 12.9. The topological polar surface area (TPSA) is 55.8 Å².